The fourth-order valence-electron chi connectivity index (χ4n) is 2.46. The van der Waals surface area contributed by atoms with Gasteiger partial charge in [-0.1, -0.05) is 0 Å². The number of ether oxygens (including phenoxy) is 1. The van der Waals surface area contributed by atoms with Gasteiger partial charge in [0.1, 0.15) is 5.82 Å². The van der Waals surface area contributed by atoms with E-state index in [4.69, 9.17) is 16.3 Å². The van der Waals surface area contributed by atoms with Crippen molar-refractivity contribution in [1.29, 1.82) is 0 Å². The monoisotopic (exact) mass is 321 g/mol. The van der Waals surface area contributed by atoms with Gasteiger partial charge in [-0.15, -0.1) is 11.6 Å². The second kappa shape index (κ2) is 6.01. The van der Waals surface area contributed by atoms with Crippen LogP contribution in [0.3, 0.4) is 0 Å². The largest absolute Gasteiger partial charge is 0.365 e. The Balaban J connectivity index is 2.12. The first kappa shape index (κ1) is 15.8. The van der Waals surface area contributed by atoms with Gasteiger partial charge in [0.05, 0.1) is 18.8 Å². The number of sulfonamides is 1. The summed E-state index contributed by atoms with van der Waals surface area (Å²) in [5, 5.41) is 0. The lowest BCUT2D eigenvalue weighted by molar-refractivity contribution is -0.125. The highest BCUT2D eigenvalue weighted by atomic mass is 35.5. The molecule has 0 aromatic carbocycles. The maximum absolute atomic E-state index is 12.1. The fraction of sp³-hybridized carbons (Fsp3) is 0.750. The average molecular weight is 322 g/mol. The molecule has 0 amide bonds. The van der Waals surface area contributed by atoms with Crippen LogP contribution in [0.1, 0.15) is 19.2 Å². The molecule has 2 heterocycles. The number of aromatic nitrogens is 2. The first-order chi connectivity index (χ1) is 9.45. The van der Waals surface area contributed by atoms with Crippen LogP contribution in [0.2, 0.25) is 0 Å². The molecule has 0 radical (unpaired) electrons. The van der Waals surface area contributed by atoms with Gasteiger partial charge in [0.25, 0.3) is 0 Å². The molecule has 6 nitrogen and oxygen atoms in total. The first-order valence-corrected chi connectivity index (χ1v) is 8.75. The van der Waals surface area contributed by atoms with E-state index in [2.05, 4.69) is 4.98 Å². The molecule has 1 saturated heterocycles. The second-order valence-electron chi connectivity index (χ2n) is 4.92. The van der Waals surface area contributed by atoms with Gasteiger partial charge in [0.2, 0.25) is 10.0 Å². The van der Waals surface area contributed by atoms with Gasteiger partial charge in [-0.25, -0.2) is 13.4 Å². The van der Waals surface area contributed by atoms with E-state index in [1.807, 2.05) is 24.7 Å². The van der Waals surface area contributed by atoms with Crippen molar-refractivity contribution in [2.75, 3.05) is 31.3 Å². The SMILES string of the molecule is CCOC1(c2nccn2C)CN(S(=O)(=O)CCCCl)C1. The predicted molar refractivity (Wildman–Crippen MR) is 77.2 cm³/mol. The lowest BCUT2D eigenvalue weighted by Gasteiger charge is -2.47. The minimum atomic E-state index is -3.25. The van der Waals surface area contributed by atoms with Crippen LogP contribution >= 0.6 is 11.6 Å². The van der Waals surface area contributed by atoms with Crippen LogP contribution in [0.15, 0.2) is 12.4 Å². The zero-order chi connectivity index (χ0) is 14.8. The van der Waals surface area contributed by atoms with E-state index < -0.39 is 15.6 Å². The minimum Gasteiger partial charge on any atom is -0.365 e. The minimum absolute atomic E-state index is 0.0826. The molecule has 0 bridgehead atoms. The molecule has 8 heteroatoms. The third-order valence-electron chi connectivity index (χ3n) is 3.44. The summed E-state index contributed by atoms with van der Waals surface area (Å²) in [4.78, 5) is 4.30. The molecule has 1 fully saturated rings. The number of alkyl halides is 1. The van der Waals surface area contributed by atoms with Crippen molar-refractivity contribution in [3.63, 3.8) is 0 Å². The Morgan fingerprint density at radius 2 is 2.20 bits per heavy atom. The standard InChI is InChI=1S/C12H20ClN3O3S/c1-3-19-12(11-14-6-7-15(11)2)9-16(10-12)20(17,18)8-4-5-13/h6-7H,3-5,8-10H2,1-2H3. The quantitative estimate of drug-likeness (QED) is 0.701. The van der Waals surface area contributed by atoms with Gasteiger partial charge in [-0.2, -0.15) is 4.31 Å². The van der Waals surface area contributed by atoms with E-state index >= 15 is 0 Å². The first-order valence-electron chi connectivity index (χ1n) is 6.61. The Morgan fingerprint density at radius 3 is 2.70 bits per heavy atom. The van der Waals surface area contributed by atoms with E-state index in [0.717, 1.165) is 5.82 Å². The van der Waals surface area contributed by atoms with Crippen LogP contribution in [0, 0.1) is 0 Å². The molecular formula is C12H20ClN3O3S. The van der Waals surface area contributed by atoms with Crippen molar-refractivity contribution in [3.8, 4) is 0 Å². The average Bonchev–Trinajstić information content (AvgIpc) is 2.77. The molecule has 1 aliphatic rings. The molecule has 1 aromatic rings. The third-order valence-corrected chi connectivity index (χ3v) is 5.56. The molecule has 0 spiro atoms. The maximum atomic E-state index is 12.1. The molecule has 0 atom stereocenters. The number of hydrogen-bond acceptors (Lipinski definition) is 4. The van der Waals surface area contributed by atoms with Gasteiger partial charge >= 0.3 is 0 Å². The predicted octanol–water partition coefficient (Wildman–Crippen LogP) is 0.926. The normalized spacial score (nSPS) is 18.9. The Labute approximate surface area is 124 Å². The van der Waals surface area contributed by atoms with Crippen molar-refractivity contribution in [3.05, 3.63) is 18.2 Å². The Morgan fingerprint density at radius 1 is 1.50 bits per heavy atom. The molecule has 1 aliphatic heterocycles. The number of imidazole rings is 1. The summed E-state index contributed by atoms with van der Waals surface area (Å²) >= 11 is 5.56. The highest BCUT2D eigenvalue weighted by Gasteiger charge is 2.52. The van der Waals surface area contributed by atoms with E-state index in [9.17, 15) is 8.42 Å². The summed E-state index contributed by atoms with van der Waals surface area (Å²) in [6.07, 6.45) is 3.99. The van der Waals surface area contributed by atoms with Crippen molar-refractivity contribution >= 4 is 21.6 Å². The topological polar surface area (TPSA) is 64.4 Å². The molecule has 20 heavy (non-hydrogen) atoms. The second-order valence-corrected chi connectivity index (χ2v) is 7.38. The summed E-state index contributed by atoms with van der Waals surface area (Å²) in [6.45, 7) is 3.05. The summed E-state index contributed by atoms with van der Waals surface area (Å²) in [5.74, 6) is 1.20. The lowest BCUT2D eigenvalue weighted by Crippen LogP contribution is -2.63. The molecule has 0 saturated carbocycles. The van der Waals surface area contributed by atoms with E-state index in [1.165, 1.54) is 4.31 Å². The highest BCUT2D eigenvalue weighted by molar-refractivity contribution is 7.89. The number of halogens is 1. The Bertz CT molecular complexity index is 552. The van der Waals surface area contributed by atoms with Crippen molar-refractivity contribution in [2.24, 2.45) is 7.05 Å². The van der Waals surface area contributed by atoms with E-state index in [-0.39, 0.29) is 5.75 Å². The van der Waals surface area contributed by atoms with Crippen LogP contribution in [0.4, 0.5) is 0 Å². The molecule has 0 aliphatic carbocycles. The van der Waals surface area contributed by atoms with E-state index in [1.54, 1.807) is 6.20 Å². The number of nitrogens with zero attached hydrogens (tertiary/aromatic N) is 3. The molecule has 2 rings (SSSR count). The Kier molecular flexibility index (Phi) is 4.73. The van der Waals surface area contributed by atoms with Crippen LogP contribution in [0.5, 0.6) is 0 Å². The van der Waals surface area contributed by atoms with Gasteiger partial charge in [-0.05, 0) is 13.3 Å². The van der Waals surface area contributed by atoms with Crippen molar-refractivity contribution in [1.82, 2.24) is 13.9 Å². The molecular weight excluding hydrogens is 302 g/mol. The molecule has 0 unspecified atom stereocenters. The van der Waals surface area contributed by atoms with Crippen molar-refractivity contribution < 1.29 is 13.2 Å². The molecule has 0 N–H and O–H groups in total. The van der Waals surface area contributed by atoms with E-state index in [0.29, 0.717) is 32.0 Å². The molecule has 1 aromatic heterocycles. The summed E-state index contributed by atoms with van der Waals surface area (Å²) < 4.78 is 33.3. The smallest absolute Gasteiger partial charge is 0.214 e. The zero-order valence-electron chi connectivity index (χ0n) is 11.7. The van der Waals surface area contributed by atoms with Gasteiger partial charge in [-0.3, -0.25) is 0 Å². The number of hydrogen-bond donors (Lipinski definition) is 0. The van der Waals surface area contributed by atoms with Gasteiger partial charge in [0.15, 0.2) is 5.60 Å². The zero-order valence-corrected chi connectivity index (χ0v) is 13.3. The number of aryl methyl sites for hydroxylation is 1. The molecule has 114 valence electrons. The maximum Gasteiger partial charge on any atom is 0.214 e. The fourth-order valence-corrected chi connectivity index (χ4v) is 4.33. The Hall–Kier alpha value is -0.630. The lowest BCUT2D eigenvalue weighted by atomic mass is 9.95. The summed E-state index contributed by atoms with van der Waals surface area (Å²) in [5.41, 5.74) is -0.624. The van der Waals surface area contributed by atoms with Crippen molar-refractivity contribution in [2.45, 2.75) is 18.9 Å². The highest BCUT2D eigenvalue weighted by Crippen LogP contribution is 2.36. The van der Waals surface area contributed by atoms with Crippen LogP contribution in [0.25, 0.3) is 0 Å². The summed E-state index contributed by atoms with van der Waals surface area (Å²) in [7, 11) is -1.36. The summed E-state index contributed by atoms with van der Waals surface area (Å²) in [6, 6.07) is 0. The number of rotatable bonds is 7. The van der Waals surface area contributed by atoms with Crippen LogP contribution in [-0.2, 0) is 27.4 Å². The van der Waals surface area contributed by atoms with Crippen LogP contribution < -0.4 is 0 Å². The third kappa shape index (κ3) is 2.86. The van der Waals surface area contributed by atoms with Gasteiger partial charge < -0.3 is 9.30 Å². The van der Waals surface area contributed by atoms with Crippen LogP contribution in [-0.4, -0.2) is 53.6 Å². The van der Waals surface area contributed by atoms with Gasteiger partial charge in [0, 0.05) is 31.9 Å².